The van der Waals surface area contributed by atoms with Gasteiger partial charge in [0.1, 0.15) is 6.10 Å². The Hall–Kier alpha value is -0.410. The van der Waals surface area contributed by atoms with Crippen molar-refractivity contribution in [1.29, 1.82) is 0 Å². The van der Waals surface area contributed by atoms with Crippen LogP contribution < -0.4 is 0 Å². The molecule has 2 rings (SSSR count). The number of ether oxygens (including phenoxy) is 1. The van der Waals surface area contributed by atoms with Gasteiger partial charge in [-0.25, -0.2) is 0 Å². The van der Waals surface area contributed by atoms with Crippen LogP contribution in [0.2, 0.25) is 0 Å². The number of morpholine rings is 1. The van der Waals surface area contributed by atoms with E-state index in [0.717, 1.165) is 26.1 Å². The molecule has 0 saturated carbocycles. The fourth-order valence-corrected chi connectivity index (χ4v) is 3.08. The van der Waals surface area contributed by atoms with Gasteiger partial charge in [0, 0.05) is 19.0 Å². The summed E-state index contributed by atoms with van der Waals surface area (Å²) >= 11 is 0. The van der Waals surface area contributed by atoms with Gasteiger partial charge >= 0.3 is 0 Å². The Morgan fingerprint density at radius 3 is 2.94 bits per heavy atom. The van der Waals surface area contributed by atoms with Crippen LogP contribution in [0.4, 0.5) is 0 Å². The Labute approximate surface area is 111 Å². The van der Waals surface area contributed by atoms with Crippen LogP contribution in [0.5, 0.6) is 0 Å². The van der Waals surface area contributed by atoms with Crippen LogP contribution in [0.25, 0.3) is 0 Å². The molecular formula is C15H27NO2. The summed E-state index contributed by atoms with van der Waals surface area (Å²) in [6.45, 7) is 4.99. The monoisotopic (exact) mass is 253 g/mol. The van der Waals surface area contributed by atoms with Crippen LogP contribution >= 0.6 is 0 Å². The summed E-state index contributed by atoms with van der Waals surface area (Å²) in [6.07, 6.45) is 9.16. The standard InChI is InChI=1S/C15H27NO2/c1-2-3-4-5-6-9-14(17)15-11-16-10-7-8-13(16)12-18-15/h13,15H,2-12H2,1H3. The molecule has 2 aliphatic rings. The third kappa shape index (κ3) is 3.79. The van der Waals surface area contributed by atoms with Gasteiger partial charge in [0.15, 0.2) is 5.78 Å². The minimum atomic E-state index is -0.134. The highest BCUT2D eigenvalue weighted by atomic mass is 16.5. The molecule has 0 aromatic heterocycles. The lowest BCUT2D eigenvalue weighted by Gasteiger charge is -2.34. The third-order valence-electron chi connectivity index (χ3n) is 4.28. The second-order valence-electron chi connectivity index (χ2n) is 5.74. The minimum absolute atomic E-state index is 0.134. The van der Waals surface area contributed by atoms with E-state index in [1.165, 1.54) is 38.5 Å². The van der Waals surface area contributed by atoms with E-state index in [4.69, 9.17) is 4.74 Å². The molecule has 0 N–H and O–H groups in total. The molecule has 2 fully saturated rings. The Bertz CT molecular complexity index is 267. The Morgan fingerprint density at radius 1 is 1.28 bits per heavy atom. The lowest BCUT2D eigenvalue weighted by atomic mass is 10.0. The minimum Gasteiger partial charge on any atom is -0.367 e. The summed E-state index contributed by atoms with van der Waals surface area (Å²) in [4.78, 5) is 14.5. The molecule has 0 aromatic carbocycles. The number of hydrogen-bond donors (Lipinski definition) is 0. The molecule has 3 heteroatoms. The quantitative estimate of drug-likeness (QED) is 0.653. The number of nitrogens with zero attached hydrogens (tertiary/aromatic N) is 1. The number of Topliss-reactive ketones (excluding diaryl/α,β-unsaturated/α-hetero) is 1. The average molecular weight is 253 g/mol. The zero-order valence-corrected chi connectivity index (χ0v) is 11.7. The highest BCUT2D eigenvalue weighted by Crippen LogP contribution is 2.23. The molecule has 0 bridgehead atoms. The van der Waals surface area contributed by atoms with Crippen LogP contribution in [-0.4, -0.2) is 42.5 Å². The molecule has 2 aliphatic heterocycles. The van der Waals surface area contributed by atoms with Crippen molar-refractivity contribution in [1.82, 2.24) is 4.90 Å². The van der Waals surface area contributed by atoms with Gasteiger partial charge in [-0.3, -0.25) is 9.69 Å². The summed E-state index contributed by atoms with van der Waals surface area (Å²) in [7, 11) is 0. The lowest BCUT2D eigenvalue weighted by Crippen LogP contribution is -2.49. The van der Waals surface area contributed by atoms with E-state index in [-0.39, 0.29) is 6.10 Å². The number of fused-ring (bicyclic) bond motifs is 1. The highest BCUT2D eigenvalue weighted by molar-refractivity contribution is 5.83. The van der Waals surface area contributed by atoms with Crippen molar-refractivity contribution in [2.75, 3.05) is 19.7 Å². The molecule has 18 heavy (non-hydrogen) atoms. The van der Waals surface area contributed by atoms with E-state index in [1.807, 2.05) is 0 Å². The van der Waals surface area contributed by atoms with E-state index in [9.17, 15) is 4.79 Å². The van der Waals surface area contributed by atoms with E-state index in [1.54, 1.807) is 0 Å². The number of rotatable bonds is 7. The van der Waals surface area contributed by atoms with Crippen molar-refractivity contribution in [3.8, 4) is 0 Å². The first kappa shape index (κ1) is 14.0. The van der Waals surface area contributed by atoms with Crippen LogP contribution in [0.15, 0.2) is 0 Å². The van der Waals surface area contributed by atoms with Gasteiger partial charge in [0.2, 0.25) is 0 Å². The van der Waals surface area contributed by atoms with Crippen molar-refractivity contribution in [3.63, 3.8) is 0 Å². The second-order valence-corrected chi connectivity index (χ2v) is 5.74. The Morgan fingerprint density at radius 2 is 2.11 bits per heavy atom. The van der Waals surface area contributed by atoms with Gasteiger partial charge in [0.25, 0.3) is 0 Å². The number of ketones is 1. The van der Waals surface area contributed by atoms with Gasteiger partial charge in [-0.2, -0.15) is 0 Å². The summed E-state index contributed by atoms with van der Waals surface area (Å²) < 4.78 is 5.74. The predicted octanol–water partition coefficient (Wildman–Crippen LogP) is 2.78. The first-order valence-electron chi connectivity index (χ1n) is 7.69. The first-order chi connectivity index (χ1) is 8.81. The molecule has 0 aliphatic carbocycles. The maximum Gasteiger partial charge on any atom is 0.162 e. The maximum absolute atomic E-state index is 12.1. The van der Waals surface area contributed by atoms with E-state index < -0.39 is 0 Å². The molecule has 0 spiro atoms. The van der Waals surface area contributed by atoms with Gasteiger partial charge in [-0.05, 0) is 25.8 Å². The molecule has 0 aromatic rings. The number of unbranched alkanes of at least 4 members (excludes halogenated alkanes) is 4. The van der Waals surface area contributed by atoms with Crippen LogP contribution in [0.1, 0.15) is 58.3 Å². The number of hydrogen-bond acceptors (Lipinski definition) is 3. The maximum atomic E-state index is 12.1. The molecule has 0 radical (unpaired) electrons. The highest BCUT2D eigenvalue weighted by Gasteiger charge is 2.34. The molecular weight excluding hydrogens is 226 g/mol. The summed E-state index contributed by atoms with van der Waals surface area (Å²) in [6, 6.07) is 0.596. The fourth-order valence-electron chi connectivity index (χ4n) is 3.08. The van der Waals surface area contributed by atoms with E-state index in [2.05, 4.69) is 11.8 Å². The molecule has 2 atom stereocenters. The molecule has 3 nitrogen and oxygen atoms in total. The predicted molar refractivity (Wildman–Crippen MR) is 72.7 cm³/mol. The van der Waals surface area contributed by atoms with Crippen LogP contribution in [0, 0.1) is 0 Å². The summed E-state index contributed by atoms with van der Waals surface area (Å²) in [5, 5.41) is 0. The SMILES string of the molecule is CCCCCCCC(=O)C1CN2CCCC2CO1. The van der Waals surface area contributed by atoms with Crippen molar-refractivity contribution in [2.45, 2.75) is 70.4 Å². The zero-order valence-electron chi connectivity index (χ0n) is 11.7. The van der Waals surface area contributed by atoms with Crippen molar-refractivity contribution < 1.29 is 9.53 Å². The summed E-state index contributed by atoms with van der Waals surface area (Å²) in [5.74, 6) is 0.330. The van der Waals surface area contributed by atoms with Gasteiger partial charge < -0.3 is 4.74 Å². The fraction of sp³-hybridized carbons (Fsp3) is 0.933. The lowest BCUT2D eigenvalue weighted by molar-refractivity contribution is -0.138. The molecule has 2 heterocycles. The number of carbonyl (C=O) groups excluding carboxylic acids is 1. The van der Waals surface area contributed by atoms with Crippen molar-refractivity contribution in [2.24, 2.45) is 0 Å². The second kappa shape index (κ2) is 7.25. The Balaban J connectivity index is 1.63. The van der Waals surface area contributed by atoms with Crippen molar-refractivity contribution in [3.05, 3.63) is 0 Å². The molecule has 0 amide bonds. The number of carbonyl (C=O) groups is 1. The van der Waals surface area contributed by atoms with Gasteiger partial charge in [-0.15, -0.1) is 0 Å². The molecule has 2 saturated heterocycles. The molecule has 2 unspecified atom stereocenters. The zero-order chi connectivity index (χ0) is 12.8. The largest absolute Gasteiger partial charge is 0.367 e. The van der Waals surface area contributed by atoms with Crippen LogP contribution in [0.3, 0.4) is 0 Å². The van der Waals surface area contributed by atoms with Crippen LogP contribution in [-0.2, 0) is 9.53 Å². The van der Waals surface area contributed by atoms with Gasteiger partial charge in [-0.1, -0.05) is 32.6 Å². The average Bonchev–Trinajstić information content (AvgIpc) is 2.85. The smallest absolute Gasteiger partial charge is 0.162 e. The Kier molecular flexibility index (Phi) is 5.64. The first-order valence-corrected chi connectivity index (χ1v) is 7.69. The van der Waals surface area contributed by atoms with Crippen molar-refractivity contribution >= 4 is 5.78 Å². The molecule has 104 valence electrons. The van der Waals surface area contributed by atoms with E-state index >= 15 is 0 Å². The summed E-state index contributed by atoms with van der Waals surface area (Å²) in [5.41, 5.74) is 0. The topological polar surface area (TPSA) is 29.5 Å². The van der Waals surface area contributed by atoms with Gasteiger partial charge in [0.05, 0.1) is 6.61 Å². The third-order valence-corrected chi connectivity index (χ3v) is 4.28. The normalized spacial score (nSPS) is 28.3. The van der Waals surface area contributed by atoms with E-state index in [0.29, 0.717) is 18.2 Å².